The van der Waals surface area contributed by atoms with Crippen LogP contribution < -0.4 is 19.9 Å². The smallest absolute Gasteiger partial charge is 0.255 e. The van der Waals surface area contributed by atoms with E-state index >= 15 is 0 Å². The van der Waals surface area contributed by atoms with Crippen LogP contribution in [0.5, 0.6) is 11.5 Å². The van der Waals surface area contributed by atoms with Crippen molar-refractivity contribution < 1.29 is 24.2 Å². The SMILES string of the molecule is CN(CC1CCN(c2ccc([C@@H]3c4ccc(O)cc4CC[C@@H]3c3ccccc3)cc2)CC1)[C@H]1C[C@H]2COc3cc4c(cc3N2C1)CN(C1CCC(=O)NC1=O)C4=O. The van der Waals surface area contributed by atoms with Crippen LogP contribution in [0.3, 0.4) is 0 Å². The highest BCUT2D eigenvalue weighted by Crippen LogP contribution is 2.48. The highest BCUT2D eigenvalue weighted by molar-refractivity contribution is 6.06. The number of carbonyl (C=O) groups excluding carboxylic acids is 3. The summed E-state index contributed by atoms with van der Waals surface area (Å²) < 4.78 is 6.28. The largest absolute Gasteiger partial charge is 0.508 e. The number of nitrogens with zero attached hydrogens (tertiary/aromatic N) is 4. The average molecular weight is 766 g/mol. The van der Waals surface area contributed by atoms with E-state index in [9.17, 15) is 19.5 Å². The molecule has 294 valence electrons. The zero-order valence-corrected chi connectivity index (χ0v) is 32.6. The third kappa shape index (κ3) is 6.61. The fraction of sp³-hybridized carbons (Fsp3) is 0.426. The number of benzene rings is 4. The zero-order valence-electron chi connectivity index (χ0n) is 32.6. The number of phenols is 1. The van der Waals surface area contributed by atoms with Gasteiger partial charge in [0.2, 0.25) is 11.8 Å². The molecule has 6 aliphatic rings. The first-order valence-electron chi connectivity index (χ1n) is 20.9. The summed E-state index contributed by atoms with van der Waals surface area (Å²) in [7, 11) is 2.28. The highest BCUT2D eigenvalue weighted by Gasteiger charge is 2.43. The van der Waals surface area contributed by atoms with E-state index in [-0.39, 0.29) is 36.1 Å². The molecule has 5 atom stereocenters. The normalized spacial score (nSPS) is 25.8. The molecule has 10 nitrogen and oxygen atoms in total. The Hall–Kier alpha value is -5.35. The molecule has 1 unspecified atom stereocenters. The quantitative estimate of drug-likeness (QED) is 0.215. The van der Waals surface area contributed by atoms with Gasteiger partial charge in [-0.2, -0.15) is 0 Å². The molecule has 5 heterocycles. The lowest BCUT2D eigenvalue weighted by Crippen LogP contribution is -2.52. The van der Waals surface area contributed by atoms with Gasteiger partial charge in [0.05, 0.1) is 11.7 Å². The van der Waals surface area contributed by atoms with Crippen LogP contribution in [0.15, 0.2) is 84.9 Å². The Morgan fingerprint density at radius 2 is 1.65 bits per heavy atom. The van der Waals surface area contributed by atoms with E-state index in [0.29, 0.717) is 48.8 Å². The van der Waals surface area contributed by atoms with Gasteiger partial charge >= 0.3 is 0 Å². The first kappa shape index (κ1) is 36.0. The lowest BCUT2D eigenvalue weighted by atomic mass is 9.69. The molecule has 57 heavy (non-hydrogen) atoms. The Bertz CT molecular complexity index is 2200. The van der Waals surface area contributed by atoms with Crippen LogP contribution in [0.4, 0.5) is 11.4 Å². The molecule has 3 amide bonds. The maximum absolute atomic E-state index is 13.4. The Morgan fingerprint density at radius 3 is 2.44 bits per heavy atom. The Morgan fingerprint density at radius 1 is 0.842 bits per heavy atom. The predicted molar refractivity (Wildman–Crippen MR) is 219 cm³/mol. The molecular weight excluding hydrogens is 715 g/mol. The van der Waals surface area contributed by atoms with Crippen molar-refractivity contribution in [1.82, 2.24) is 15.1 Å². The van der Waals surface area contributed by atoms with E-state index in [4.69, 9.17) is 4.74 Å². The molecule has 0 aromatic heterocycles. The number of hydrogen-bond acceptors (Lipinski definition) is 8. The lowest BCUT2D eigenvalue weighted by Gasteiger charge is -2.37. The van der Waals surface area contributed by atoms with Gasteiger partial charge in [0.25, 0.3) is 5.91 Å². The summed E-state index contributed by atoms with van der Waals surface area (Å²) in [6, 6.07) is 30.2. The minimum atomic E-state index is -0.624. The number of likely N-dealkylation sites (N-methyl/N-ethyl adjacent to an activating group) is 1. The van der Waals surface area contributed by atoms with Crippen LogP contribution in [-0.2, 0) is 22.6 Å². The van der Waals surface area contributed by atoms with Gasteiger partial charge in [-0.25, -0.2) is 0 Å². The van der Waals surface area contributed by atoms with E-state index in [1.54, 1.807) is 4.90 Å². The average Bonchev–Trinajstić information content (AvgIpc) is 3.81. The number of amides is 3. The van der Waals surface area contributed by atoms with E-state index < -0.39 is 6.04 Å². The molecule has 0 saturated carbocycles. The summed E-state index contributed by atoms with van der Waals surface area (Å²) in [4.78, 5) is 46.9. The first-order chi connectivity index (χ1) is 27.8. The number of fused-ring (bicyclic) bond motifs is 5. The van der Waals surface area contributed by atoms with Gasteiger partial charge < -0.3 is 29.4 Å². The fourth-order valence-electron chi connectivity index (χ4n) is 10.9. The number of rotatable bonds is 7. The van der Waals surface area contributed by atoms with Crippen molar-refractivity contribution in [1.29, 1.82) is 0 Å². The second-order valence-electron chi connectivity index (χ2n) is 17.3. The summed E-state index contributed by atoms with van der Waals surface area (Å²) in [5.41, 5.74) is 9.16. The summed E-state index contributed by atoms with van der Waals surface area (Å²) >= 11 is 0. The van der Waals surface area contributed by atoms with Crippen LogP contribution in [0.25, 0.3) is 0 Å². The van der Waals surface area contributed by atoms with Gasteiger partial charge in [0, 0.05) is 62.4 Å². The predicted octanol–water partition coefficient (Wildman–Crippen LogP) is 6.20. The molecule has 10 heteroatoms. The molecule has 3 saturated heterocycles. The van der Waals surface area contributed by atoms with Gasteiger partial charge in [-0.1, -0.05) is 48.5 Å². The first-order valence-corrected chi connectivity index (χ1v) is 20.9. The van der Waals surface area contributed by atoms with Crippen molar-refractivity contribution in [3.8, 4) is 11.5 Å². The summed E-state index contributed by atoms with van der Waals surface area (Å²) in [5, 5.41) is 12.6. The number of imide groups is 1. The van der Waals surface area contributed by atoms with Crippen LogP contribution in [0.1, 0.15) is 88.5 Å². The van der Waals surface area contributed by atoms with Gasteiger partial charge in [0.1, 0.15) is 24.1 Å². The van der Waals surface area contributed by atoms with Crippen LogP contribution in [-0.4, -0.2) is 90.6 Å². The summed E-state index contributed by atoms with van der Waals surface area (Å²) in [6.07, 6.45) is 6.01. The molecule has 1 aliphatic carbocycles. The Labute approximate surface area is 334 Å². The molecule has 3 fully saturated rings. The Kier molecular flexibility index (Phi) is 9.19. The standard InChI is InChI=1S/C47H51N5O5/c1-49(35-23-36-28-57-43-24-40-33(22-42(43)51(36)27-35)26-52(47(40)56)41-15-16-44(54)48-46(41)55)25-29-17-19-50(20-18-29)34-10-7-31(8-11-34)45-38(30-5-3-2-4-6-30)13-9-32-21-37(53)12-14-39(32)45/h2-8,10-12,14,21-22,24,29,35-36,38,41,45,53H,9,13,15-20,23,25-28H2,1H3,(H,48,54,55)/t35-,36-,38+,41?,45-/m0/s1. The second kappa shape index (κ2) is 14.5. The number of piperidine rings is 2. The van der Waals surface area contributed by atoms with Crippen molar-refractivity contribution in [3.05, 3.63) is 118 Å². The monoisotopic (exact) mass is 765 g/mol. The van der Waals surface area contributed by atoms with Crippen molar-refractivity contribution in [2.24, 2.45) is 5.92 Å². The molecule has 5 aliphatic heterocycles. The number of ether oxygens (including phenoxy) is 1. The maximum Gasteiger partial charge on any atom is 0.255 e. The third-order valence-electron chi connectivity index (χ3n) is 14.0. The lowest BCUT2D eigenvalue weighted by molar-refractivity contribution is -0.136. The van der Waals surface area contributed by atoms with Gasteiger partial charge in [0.15, 0.2) is 0 Å². The van der Waals surface area contributed by atoms with Crippen molar-refractivity contribution >= 4 is 29.1 Å². The molecule has 0 bridgehead atoms. The molecular formula is C47H51N5O5. The number of nitrogens with one attached hydrogen (secondary N) is 1. The van der Waals surface area contributed by atoms with Crippen LogP contribution in [0.2, 0.25) is 0 Å². The Balaban J connectivity index is 0.764. The topological polar surface area (TPSA) is 106 Å². The van der Waals surface area contributed by atoms with E-state index in [1.807, 2.05) is 18.2 Å². The second-order valence-corrected chi connectivity index (χ2v) is 17.3. The van der Waals surface area contributed by atoms with Gasteiger partial charge in [-0.3, -0.25) is 19.7 Å². The zero-order chi connectivity index (χ0) is 38.8. The molecule has 0 spiro atoms. The summed E-state index contributed by atoms with van der Waals surface area (Å²) in [6.45, 7) is 5.07. The number of aromatic hydroxyl groups is 1. The molecule has 0 radical (unpaired) electrons. The molecule has 10 rings (SSSR count). The van der Waals surface area contributed by atoms with Crippen molar-refractivity contribution in [3.63, 3.8) is 0 Å². The van der Waals surface area contributed by atoms with E-state index in [1.165, 1.54) is 27.9 Å². The number of carbonyl (C=O) groups is 3. The molecule has 4 aromatic carbocycles. The maximum atomic E-state index is 13.4. The molecule has 4 aromatic rings. The number of phenolic OH excluding ortho intramolecular Hbond substituents is 1. The number of aryl methyl sites for hydroxylation is 1. The number of hydrogen-bond donors (Lipinski definition) is 2. The minimum Gasteiger partial charge on any atom is -0.508 e. The minimum absolute atomic E-state index is 0.166. The van der Waals surface area contributed by atoms with Gasteiger partial charge in [-0.05, 0) is 122 Å². The van der Waals surface area contributed by atoms with Crippen LogP contribution in [0, 0.1) is 5.92 Å². The van der Waals surface area contributed by atoms with Crippen molar-refractivity contribution in [2.45, 2.75) is 81.5 Å². The highest BCUT2D eigenvalue weighted by atomic mass is 16.5. The van der Waals surface area contributed by atoms with Crippen molar-refractivity contribution in [2.75, 3.05) is 49.6 Å². The van der Waals surface area contributed by atoms with Gasteiger partial charge in [-0.15, -0.1) is 0 Å². The van der Waals surface area contributed by atoms with E-state index in [0.717, 1.165) is 75.3 Å². The van der Waals surface area contributed by atoms with E-state index in [2.05, 4.69) is 93.8 Å². The summed E-state index contributed by atoms with van der Waals surface area (Å²) in [5.74, 6) is 1.55. The fourth-order valence-corrected chi connectivity index (χ4v) is 10.9. The number of anilines is 2. The molecule has 2 N–H and O–H groups in total. The third-order valence-corrected chi connectivity index (χ3v) is 14.0. The van der Waals surface area contributed by atoms with Crippen LogP contribution >= 0.6 is 0 Å².